The molecule has 0 fully saturated rings. The van der Waals surface area contributed by atoms with E-state index in [0.29, 0.717) is 13.0 Å². The first-order valence-corrected chi connectivity index (χ1v) is 5.66. The lowest BCUT2D eigenvalue weighted by Gasteiger charge is -2.16. The summed E-state index contributed by atoms with van der Waals surface area (Å²) in [5.74, 6) is -0.684. The Morgan fingerprint density at radius 3 is 2.83 bits per heavy atom. The molecule has 3 N–H and O–H groups in total. The minimum atomic E-state index is -0.724. The molecule has 18 heavy (non-hydrogen) atoms. The third-order valence-corrected chi connectivity index (χ3v) is 2.60. The zero-order chi connectivity index (χ0) is 13.7. The molecule has 7 nitrogen and oxygen atoms in total. The van der Waals surface area contributed by atoms with Crippen molar-refractivity contribution in [2.24, 2.45) is 0 Å². The van der Waals surface area contributed by atoms with E-state index in [4.69, 9.17) is 9.94 Å². The standard InChI is InChI=1S/C11H19N3O4/c1-7(12-10(15)5-14(2)3)8-4-9(18-6-8)11(16)13-17/h6-7,9,17H,4-5H2,1-3H3,(H,12,15)(H,13,16). The molecule has 0 bridgehead atoms. The summed E-state index contributed by atoms with van der Waals surface area (Å²) < 4.78 is 5.11. The van der Waals surface area contributed by atoms with E-state index in [1.165, 1.54) is 6.26 Å². The summed E-state index contributed by atoms with van der Waals surface area (Å²) in [5, 5.41) is 11.3. The largest absolute Gasteiger partial charge is 0.488 e. The first-order chi connectivity index (χ1) is 8.43. The van der Waals surface area contributed by atoms with Crippen molar-refractivity contribution >= 4 is 11.8 Å². The average Bonchev–Trinajstić information content (AvgIpc) is 2.75. The minimum Gasteiger partial charge on any atom is -0.488 e. The summed E-state index contributed by atoms with van der Waals surface area (Å²) in [6.07, 6.45) is 1.09. The van der Waals surface area contributed by atoms with Gasteiger partial charge in [-0.3, -0.25) is 14.8 Å². The number of carbonyl (C=O) groups excluding carboxylic acids is 2. The molecular formula is C11H19N3O4. The van der Waals surface area contributed by atoms with Gasteiger partial charge in [-0.1, -0.05) is 0 Å². The van der Waals surface area contributed by atoms with Crippen molar-refractivity contribution in [3.05, 3.63) is 11.8 Å². The van der Waals surface area contributed by atoms with Crippen molar-refractivity contribution in [1.82, 2.24) is 15.7 Å². The smallest absolute Gasteiger partial charge is 0.284 e. The third kappa shape index (κ3) is 4.01. The van der Waals surface area contributed by atoms with Crippen LogP contribution in [0.2, 0.25) is 0 Å². The van der Waals surface area contributed by atoms with Gasteiger partial charge in [-0.25, -0.2) is 5.48 Å². The van der Waals surface area contributed by atoms with Gasteiger partial charge in [0.1, 0.15) is 0 Å². The second-order valence-corrected chi connectivity index (χ2v) is 4.52. The lowest BCUT2D eigenvalue weighted by atomic mass is 10.0. The fraction of sp³-hybridized carbons (Fsp3) is 0.636. The molecule has 7 heteroatoms. The van der Waals surface area contributed by atoms with Crippen LogP contribution in [0.5, 0.6) is 0 Å². The molecule has 0 aliphatic carbocycles. The highest BCUT2D eigenvalue weighted by Gasteiger charge is 2.28. The lowest BCUT2D eigenvalue weighted by Crippen LogP contribution is -2.40. The molecule has 0 aromatic carbocycles. The van der Waals surface area contributed by atoms with Crippen molar-refractivity contribution in [2.45, 2.75) is 25.5 Å². The van der Waals surface area contributed by atoms with Gasteiger partial charge in [0.25, 0.3) is 5.91 Å². The van der Waals surface area contributed by atoms with Gasteiger partial charge in [-0.15, -0.1) is 0 Å². The number of nitrogens with one attached hydrogen (secondary N) is 2. The average molecular weight is 257 g/mol. The van der Waals surface area contributed by atoms with Crippen LogP contribution in [0.25, 0.3) is 0 Å². The topological polar surface area (TPSA) is 90.9 Å². The van der Waals surface area contributed by atoms with Crippen LogP contribution in [-0.4, -0.2) is 54.7 Å². The van der Waals surface area contributed by atoms with Gasteiger partial charge in [-0.2, -0.15) is 0 Å². The number of carbonyl (C=O) groups is 2. The predicted octanol–water partition coefficient (Wildman–Crippen LogP) is -0.769. The zero-order valence-corrected chi connectivity index (χ0v) is 10.8. The number of hydrogen-bond acceptors (Lipinski definition) is 5. The number of hydroxylamine groups is 1. The fourth-order valence-electron chi connectivity index (χ4n) is 1.65. The highest BCUT2D eigenvalue weighted by atomic mass is 16.5. The summed E-state index contributed by atoms with van der Waals surface area (Å²) in [6, 6.07) is -0.200. The predicted molar refractivity (Wildman–Crippen MR) is 63.7 cm³/mol. The normalized spacial score (nSPS) is 20.1. The Bertz CT molecular complexity index is 354. The van der Waals surface area contributed by atoms with Crippen molar-refractivity contribution in [3.63, 3.8) is 0 Å². The number of likely N-dealkylation sites (N-methyl/N-ethyl adjacent to an activating group) is 1. The second kappa shape index (κ2) is 6.36. The molecule has 102 valence electrons. The van der Waals surface area contributed by atoms with Gasteiger partial charge in [0.2, 0.25) is 5.91 Å². The van der Waals surface area contributed by atoms with Gasteiger partial charge >= 0.3 is 0 Å². The molecule has 0 saturated heterocycles. The molecule has 0 radical (unpaired) electrons. The van der Waals surface area contributed by atoms with Gasteiger partial charge in [0.05, 0.1) is 18.8 Å². The lowest BCUT2D eigenvalue weighted by molar-refractivity contribution is -0.137. The second-order valence-electron chi connectivity index (χ2n) is 4.52. The number of hydrogen-bond donors (Lipinski definition) is 3. The summed E-state index contributed by atoms with van der Waals surface area (Å²) in [5.41, 5.74) is 2.36. The molecular weight excluding hydrogens is 238 g/mol. The number of rotatable bonds is 5. The number of nitrogens with zero attached hydrogens (tertiary/aromatic N) is 1. The van der Waals surface area contributed by atoms with Crippen LogP contribution in [0, 0.1) is 0 Å². The van der Waals surface area contributed by atoms with Crippen LogP contribution in [0.4, 0.5) is 0 Å². The Labute approximate surface area is 106 Å². The Morgan fingerprint density at radius 1 is 1.61 bits per heavy atom. The molecule has 1 aliphatic heterocycles. The molecule has 0 aromatic rings. The Hall–Kier alpha value is -1.60. The summed E-state index contributed by atoms with van der Waals surface area (Å²) in [4.78, 5) is 24.5. The van der Waals surface area contributed by atoms with E-state index in [1.54, 1.807) is 10.4 Å². The quantitative estimate of drug-likeness (QED) is 0.444. The van der Waals surface area contributed by atoms with Crippen molar-refractivity contribution in [3.8, 4) is 0 Å². The third-order valence-electron chi connectivity index (χ3n) is 2.60. The van der Waals surface area contributed by atoms with E-state index in [9.17, 15) is 9.59 Å². The highest BCUT2D eigenvalue weighted by Crippen LogP contribution is 2.20. The first kappa shape index (κ1) is 14.5. The summed E-state index contributed by atoms with van der Waals surface area (Å²) in [7, 11) is 3.62. The molecule has 1 rings (SSSR count). The van der Waals surface area contributed by atoms with Crippen LogP contribution < -0.4 is 10.8 Å². The first-order valence-electron chi connectivity index (χ1n) is 5.66. The Kier molecular flexibility index (Phi) is 5.11. The molecule has 2 atom stereocenters. The van der Waals surface area contributed by atoms with Crippen LogP contribution in [-0.2, 0) is 14.3 Å². The van der Waals surface area contributed by atoms with Crippen LogP contribution in [0.15, 0.2) is 11.8 Å². The zero-order valence-electron chi connectivity index (χ0n) is 10.8. The fourth-order valence-corrected chi connectivity index (χ4v) is 1.65. The van der Waals surface area contributed by atoms with Crippen LogP contribution in [0.1, 0.15) is 13.3 Å². The highest BCUT2D eigenvalue weighted by molar-refractivity contribution is 5.81. The van der Waals surface area contributed by atoms with Crippen molar-refractivity contribution in [1.29, 1.82) is 0 Å². The van der Waals surface area contributed by atoms with E-state index < -0.39 is 12.0 Å². The van der Waals surface area contributed by atoms with E-state index in [-0.39, 0.29) is 11.9 Å². The molecule has 0 saturated carbocycles. The monoisotopic (exact) mass is 257 g/mol. The number of ether oxygens (including phenoxy) is 1. The van der Waals surface area contributed by atoms with Crippen LogP contribution >= 0.6 is 0 Å². The maximum Gasteiger partial charge on any atom is 0.284 e. The summed E-state index contributed by atoms with van der Waals surface area (Å²) >= 11 is 0. The Morgan fingerprint density at radius 2 is 2.28 bits per heavy atom. The van der Waals surface area contributed by atoms with E-state index in [1.807, 2.05) is 21.0 Å². The van der Waals surface area contributed by atoms with Gasteiger partial charge < -0.3 is 15.0 Å². The van der Waals surface area contributed by atoms with Gasteiger partial charge in [0.15, 0.2) is 6.10 Å². The van der Waals surface area contributed by atoms with E-state index in [0.717, 1.165) is 5.57 Å². The van der Waals surface area contributed by atoms with E-state index >= 15 is 0 Å². The van der Waals surface area contributed by atoms with Gasteiger partial charge in [0, 0.05) is 6.42 Å². The van der Waals surface area contributed by atoms with Gasteiger partial charge in [-0.05, 0) is 26.6 Å². The Balaban J connectivity index is 2.42. The molecule has 1 heterocycles. The molecule has 0 aromatic heterocycles. The van der Waals surface area contributed by atoms with Crippen molar-refractivity contribution in [2.75, 3.05) is 20.6 Å². The maximum atomic E-state index is 11.6. The van der Waals surface area contributed by atoms with Crippen LogP contribution in [0.3, 0.4) is 0 Å². The summed E-state index contributed by atoms with van der Waals surface area (Å²) in [6.45, 7) is 2.13. The molecule has 0 spiro atoms. The van der Waals surface area contributed by atoms with E-state index in [2.05, 4.69) is 5.32 Å². The number of amides is 2. The molecule has 2 amide bonds. The SMILES string of the molecule is CC(NC(=O)CN(C)C)C1=COC(C(=O)NO)C1. The molecule has 1 aliphatic rings. The molecule has 2 unspecified atom stereocenters. The minimum absolute atomic E-state index is 0.0940. The maximum absolute atomic E-state index is 11.6. The van der Waals surface area contributed by atoms with Crippen molar-refractivity contribution < 1.29 is 19.5 Å².